The van der Waals surface area contributed by atoms with Gasteiger partial charge in [0.1, 0.15) is 11.6 Å². The van der Waals surface area contributed by atoms with Crippen LogP contribution in [0.5, 0.6) is 0 Å². The molecule has 2 aromatic heterocycles. The van der Waals surface area contributed by atoms with Crippen molar-refractivity contribution in [2.24, 2.45) is 0 Å². The number of pyridine rings is 1. The first-order chi connectivity index (χ1) is 17.7. The molecule has 1 amide bonds. The number of hydrogen-bond donors (Lipinski definition) is 2. The van der Waals surface area contributed by atoms with Crippen molar-refractivity contribution in [3.63, 3.8) is 0 Å². The number of hydrogen-bond acceptors (Lipinski definition) is 6. The van der Waals surface area contributed by atoms with Crippen LogP contribution in [0.4, 0.5) is 23.4 Å². The Morgan fingerprint density at radius 3 is 2.62 bits per heavy atom. The molecule has 5 rings (SSSR count). The SMILES string of the molecule is Cc1c(C(=O)Nc2cc(F)c3cc(CN4CCNCC4)ccc3n2)nnn1-c1ccccc1C(F)(F)F. The van der Waals surface area contributed by atoms with E-state index in [1.54, 1.807) is 12.1 Å². The maximum absolute atomic E-state index is 15.0. The standard InChI is InChI=1S/C25H23F4N7O/c1-15-23(33-34-36(15)21-5-3-2-4-18(21)25(27,28)29)24(37)32-22-13-19(26)17-12-16(6-7-20(17)31-22)14-35-10-8-30-9-11-35/h2-7,12-13,30H,8-11,14H2,1H3,(H,31,32,37). The number of nitrogens with one attached hydrogen (secondary N) is 2. The number of anilines is 1. The van der Waals surface area contributed by atoms with Crippen LogP contribution in [0, 0.1) is 12.7 Å². The molecule has 8 nitrogen and oxygen atoms in total. The third-order valence-corrected chi connectivity index (χ3v) is 6.23. The highest BCUT2D eigenvalue weighted by molar-refractivity contribution is 6.03. The molecule has 0 aliphatic carbocycles. The van der Waals surface area contributed by atoms with E-state index in [1.807, 2.05) is 6.07 Å². The Hall–Kier alpha value is -3.90. The van der Waals surface area contributed by atoms with Crippen molar-refractivity contribution in [1.82, 2.24) is 30.2 Å². The number of aromatic nitrogens is 4. The Kier molecular flexibility index (Phi) is 6.61. The average Bonchev–Trinajstić information content (AvgIpc) is 3.26. The number of benzene rings is 2. The molecule has 0 spiro atoms. The van der Waals surface area contributed by atoms with E-state index in [0.717, 1.165) is 48.6 Å². The monoisotopic (exact) mass is 513 g/mol. The molecule has 1 aliphatic heterocycles. The molecule has 12 heteroatoms. The van der Waals surface area contributed by atoms with E-state index in [2.05, 4.69) is 30.8 Å². The van der Waals surface area contributed by atoms with Gasteiger partial charge in [-0.15, -0.1) is 5.10 Å². The second kappa shape index (κ2) is 9.87. The molecule has 0 saturated carbocycles. The first-order valence-electron chi connectivity index (χ1n) is 11.6. The third kappa shape index (κ3) is 5.16. The van der Waals surface area contributed by atoms with Crippen LogP contribution >= 0.6 is 0 Å². The van der Waals surface area contributed by atoms with Gasteiger partial charge in [0.2, 0.25) is 0 Å². The molecule has 2 aromatic carbocycles. The first-order valence-corrected chi connectivity index (χ1v) is 11.6. The molecule has 192 valence electrons. The molecule has 37 heavy (non-hydrogen) atoms. The number of rotatable bonds is 5. The maximum Gasteiger partial charge on any atom is 0.418 e. The minimum Gasteiger partial charge on any atom is -0.314 e. The number of alkyl halides is 3. The van der Waals surface area contributed by atoms with Crippen molar-refractivity contribution in [3.8, 4) is 5.69 Å². The summed E-state index contributed by atoms with van der Waals surface area (Å²) in [6.45, 7) is 5.77. The highest BCUT2D eigenvalue weighted by atomic mass is 19.4. The topological polar surface area (TPSA) is 88.0 Å². The molecule has 1 saturated heterocycles. The van der Waals surface area contributed by atoms with Crippen LogP contribution < -0.4 is 10.6 Å². The zero-order valence-electron chi connectivity index (χ0n) is 19.8. The fraction of sp³-hybridized carbons (Fsp3) is 0.280. The van der Waals surface area contributed by atoms with Gasteiger partial charge in [0, 0.05) is 44.2 Å². The third-order valence-electron chi connectivity index (χ3n) is 6.23. The minimum absolute atomic E-state index is 0.0468. The normalized spacial score (nSPS) is 14.7. The summed E-state index contributed by atoms with van der Waals surface area (Å²) in [4.78, 5) is 19.5. The smallest absolute Gasteiger partial charge is 0.314 e. The van der Waals surface area contributed by atoms with Gasteiger partial charge in [0.15, 0.2) is 5.69 Å². The Balaban J connectivity index is 1.37. The summed E-state index contributed by atoms with van der Waals surface area (Å²) in [5.74, 6) is -1.37. The molecule has 0 radical (unpaired) electrons. The van der Waals surface area contributed by atoms with E-state index in [0.29, 0.717) is 17.4 Å². The lowest BCUT2D eigenvalue weighted by atomic mass is 10.1. The number of amides is 1. The van der Waals surface area contributed by atoms with E-state index in [1.165, 1.54) is 25.1 Å². The summed E-state index contributed by atoms with van der Waals surface area (Å²) in [7, 11) is 0. The second-order valence-corrected chi connectivity index (χ2v) is 8.77. The summed E-state index contributed by atoms with van der Waals surface area (Å²) in [6, 6.07) is 11.3. The zero-order chi connectivity index (χ0) is 26.2. The van der Waals surface area contributed by atoms with E-state index in [-0.39, 0.29) is 22.9 Å². The Morgan fingerprint density at radius 1 is 1.11 bits per heavy atom. The lowest BCUT2D eigenvalue weighted by Gasteiger charge is -2.27. The first kappa shape index (κ1) is 24.8. The van der Waals surface area contributed by atoms with Gasteiger partial charge < -0.3 is 10.6 Å². The number of para-hydroxylation sites is 1. The quantitative estimate of drug-likeness (QED) is 0.393. The zero-order valence-corrected chi connectivity index (χ0v) is 19.8. The largest absolute Gasteiger partial charge is 0.418 e. The molecule has 4 aromatic rings. The molecule has 3 heterocycles. The molecule has 1 fully saturated rings. The molecule has 0 bridgehead atoms. The maximum atomic E-state index is 15.0. The number of nitrogens with zero attached hydrogens (tertiary/aromatic N) is 5. The van der Waals surface area contributed by atoms with Crippen LogP contribution in [-0.4, -0.2) is 57.0 Å². The van der Waals surface area contributed by atoms with Crippen molar-refractivity contribution >= 4 is 22.6 Å². The van der Waals surface area contributed by atoms with Crippen LogP contribution in [0.25, 0.3) is 16.6 Å². The number of halogens is 4. The molecular formula is C25H23F4N7O. The lowest BCUT2D eigenvalue weighted by Crippen LogP contribution is -2.42. The summed E-state index contributed by atoms with van der Waals surface area (Å²) >= 11 is 0. The Morgan fingerprint density at radius 2 is 1.86 bits per heavy atom. The van der Waals surface area contributed by atoms with Gasteiger partial charge in [-0.05, 0) is 36.8 Å². The molecular weight excluding hydrogens is 490 g/mol. The number of piperazine rings is 1. The van der Waals surface area contributed by atoms with E-state index >= 15 is 0 Å². The van der Waals surface area contributed by atoms with Gasteiger partial charge in [-0.2, -0.15) is 13.2 Å². The van der Waals surface area contributed by atoms with Crippen molar-refractivity contribution in [3.05, 3.63) is 76.9 Å². The van der Waals surface area contributed by atoms with Crippen molar-refractivity contribution in [2.45, 2.75) is 19.6 Å². The summed E-state index contributed by atoms with van der Waals surface area (Å²) in [6.07, 6.45) is -4.62. The van der Waals surface area contributed by atoms with Crippen LogP contribution in [0.2, 0.25) is 0 Å². The summed E-state index contributed by atoms with van der Waals surface area (Å²) in [5, 5.41) is 13.6. The van der Waals surface area contributed by atoms with E-state index in [9.17, 15) is 22.4 Å². The van der Waals surface area contributed by atoms with Crippen molar-refractivity contribution in [2.75, 3.05) is 31.5 Å². The van der Waals surface area contributed by atoms with Gasteiger partial charge in [-0.1, -0.05) is 23.4 Å². The van der Waals surface area contributed by atoms with Crippen molar-refractivity contribution < 1.29 is 22.4 Å². The lowest BCUT2D eigenvalue weighted by molar-refractivity contribution is -0.137. The Bertz CT molecular complexity index is 1460. The van der Waals surface area contributed by atoms with Crippen LogP contribution in [-0.2, 0) is 12.7 Å². The van der Waals surface area contributed by atoms with Gasteiger partial charge in [-0.25, -0.2) is 14.1 Å². The van der Waals surface area contributed by atoms with Gasteiger partial charge in [0.25, 0.3) is 5.91 Å². The molecule has 0 atom stereocenters. The summed E-state index contributed by atoms with van der Waals surface area (Å²) < 4.78 is 56.2. The second-order valence-electron chi connectivity index (χ2n) is 8.77. The van der Waals surface area contributed by atoms with E-state index < -0.39 is 23.5 Å². The Labute approximate surface area is 209 Å². The predicted octanol–water partition coefficient (Wildman–Crippen LogP) is 3.94. The highest BCUT2D eigenvalue weighted by Crippen LogP contribution is 2.34. The van der Waals surface area contributed by atoms with Gasteiger partial charge in [-0.3, -0.25) is 9.69 Å². The number of carbonyl (C=O) groups is 1. The number of carbonyl (C=O) groups excluding carboxylic acids is 1. The van der Waals surface area contributed by atoms with Crippen LogP contribution in [0.1, 0.15) is 27.3 Å². The molecule has 2 N–H and O–H groups in total. The van der Waals surface area contributed by atoms with Crippen LogP contribution in [0.3, 0.4) is 0 Å². The highest BCUT2D eigenvalue weighted by Gasteiger charge is 2.34. The van der Waals surface area contributed by atoms with E-state index in [4.69, 9.17) is 0 Å². The predicted molar refractivity (Wildman–Crippen MR) is 129 cm³/mol. The van der Waals surface area contributed by atoms with Crippen molar-refractivity contribution in [1.29, 1.82) is 0 Å². The molecule has 1 aliphatic rings. The molecule has 0 unspecified atom stereocenters. The number of fused-ring (bicyclic) bond motifs is 1. The fourth-order valence-electron chi connectivity index (χ4n) is 4.36. The van der Waals surface area contributed by atoms with Crippen LogP contribution in [0.15, 0.2) is 48.5 Å². The van der Waals surface area contributed by atoms with Gasteiger partial charge in [0.05, 0.1) is 22.5 Å². The minimum atomic E-state index is -4.62. The van der Waals surface area contributed by atoms with Gasteiger partial charge >= 0.3 is 6.18 Å². The fourth-order valence-corrected chi connectivity index (χ4v) is 4.36. The summed E-state index contributed by atoms with van der Waals surface area (Å²) in [5.41, 5.74) is 0.0332. The average molecular weight is 513 g/mol.